The summed E-state index contributed by atoms with van der Waals surface area (Å²) in [5, 5.41) is 2.58. The van der Waals surface area contributed by atoms with Gasteiger partial charge in [-0.25, -0.2) is 0 Å². The van der Waals surface area contributed by atoms with Crippen LogP contribution in [0.25, 0.3) is 6.08 Å². The minimum Gasteiger partial charge on any atom is -0.493 e. The first kappa shape index (κ1) is 19.1. The molecule has 2 amide bonds. The van der Waals surface area contributed by atoms with Crippen LogP contribution in [0.15, 0.2) is 54.6 Å². The van der Waals surface area contributed by atoms with Crippen molar-refractivity contribution in [2.24, 2.45) is 5.73 Å². The number of rotatable bonds is 8. The summed E-state index contributed by atoms with van der Waals surface area (Å²) >= 11 is 0. The Labute approximate surface area is 152 Å². The van der Waals surface area contributed by atoms with E-state index in [1.165, 1.54) is 7.11 Å². The van der Waals surface area contributed by atoms with Gasteiger partial charge in [0.15, 0.2) is 18.1 Å². The Hall–Kier alpha value is -3.28. The second-order valence-electron chi connectivity index (χ2n) is 5.51. The summed E-state index contributed by atoms with van der Waals surface area (Å²) in [6, 6.07) is 13.3. The van der Waals surface area contributed by atoms with Gasteiger partial charge in [0.2, 0.25) is 5.91 Å². The zero-order chi connectivity index (χ0) is 18.9. The molecule has 2 aromatic rings. The average Bonchev–Trinajstić information content (AvgIpc) is 2.65. The van der Waals surface area contributed by atoms with Crippen LogP contribution in [0, 0.1) is 0 Å². The summed E-state index contributed by atoms with van der Waals surface area (Å²) in [7, 11) is 1.53. The van der Waals surface area contributed by atoms with Gasteiger partial charge in [-0.05, 0) is 30.2 Å². The number of benzene rings is 2. The fourth-order valence-corrected chi connectivity index (χ4v) is 2.41. The third kappa shape index (κ3) is 5.11. The monoisotopic (exact) mass is 354 g/mol. The molecule has 0 aliphatic carbocycles. The van der Waals surface area contributed by atoms with Crippen molar-refractivity contribution < 1.29 is 19.1 Å². The lowest BCUT2D eigenvalue weighted by Crippen LogP contribution is -2.39. The summed E-state index contributed by atoms with van der Waals surface area (Å²) in [6.45, 7) is 1.65. The molecule has 26 heavy (non-hydrogen) atoms. The zero-order valence-corrected chi connectivity index (χ0v) is 14.8. The zero-order valence-electron chi connectivity index (χ0n) is 14.8. The largest absolute Gasteiger partial charge is 0.493 e. The first-order valence-corrected chi connectivity index (χ1v) is 8.12. The van der Waals surface area contributed by atoms with Gasteiger partial charge in [0, 0.05) is 0 Å². The second kappa shape index (κ2) is 9.27. The standard InChI is InChI=1S/C20H22N2O4/c1-3-7-14-10-11-16(17(12-14)25-2)26-13-18(23)22-19(20(21)24)15-8-5-4-6-9-15/h3-12,19H,13H2,1-2H3,(H2,21,24)(H,22,23)/b7-3+. The summed E-state index contributed by atoms with van der Waals surface area (Å²) < 4.78 is 10.8. The third-order valence-corrected chi connectivity index (χ3v) is 3.63. The summed E-state index contributed by atoms with van der Waals surface area (Å²) in [5.74, 6) is -0.149. The van der Waals surface area contributed by atoms with Gasteiger partial charge in [-0.1, -0.05) is 48.6 Å². The highest BCUT2D eigenvalue weighted by molar-refractivity contribution is 5.88. The first-order valence-electron chi connectivity index (χ1n) is 8.12. The average molecular weight is 354 g/mol. The maximum atomic E-state index is 12.2. The number of hydrogen-bond acceptors (Lipinski definition) is 4. The van der Waals surface area contributed by atoms with Crippen LogP contribution in [-0.4, -0.2) is 25.5 Å². The number of nitrogens with two attached hydrogens (primary N) is 1. The second-order valence-corrected chi connectivity index (χ2v) is 5.51. The molecule has 0 saturated carbocycles. The van der Waals surface area contributed by atoms with Gasteiger partial charge < -0.3 is 20.5 Å². The highest BCUT2D eigenvalue weighted by Crippen LogP contribution is 2.28. The molecule has 2 rings (SSSR count). The molecule has 0 aromatic heterocycles. The maximum absolute atomic E-state index is 12.2. The predicted octanol–water partition coefficient (Wildman–Crippen LogP) is 2.45. The van der Waals surface area contributed by atoms with Crippen LogP contribution in [0.5, 0.6) is 11.5 Å². The van der Waals surface area contributed by atoms with Crippen LogP contribution >= 0.6 is 0 Å². The third-order valence-electron chi connectivity index (χ3n) is 3.63. The van der Waals surface area contributed by atoms with Crippen molar-refractivity contribution in [3.63, 3.8) is 0 Å². The summed E-state index contributed by atoms with van der Waals surface area (Å²) in [5.41, 5.74) is 6.96. The Kier molecular flexibility index (Phi) is 6.79. The van der Waals surface area contributed by atoms with E-state index in [0.29, 0.717) is 17.1 Å². The fraction of sp³-hybridized carbons (Fsp3) is 0.200. The highest BCUT2D eigenvalue weighted by Gasteiger charge is 2.20. The SMILES string of the molecule is C/C=C/c1ccc(OCC(=O)NC(C(N)=O)c2ccccc2)c(OC)c1. The van der Waals surface area contributed by atoms with Gasteiger partial charge in [0.1, 0.15) is 6.04 Å². The number of hydrogen-bond donors (Lipinski definition) is 2. The normalized spacial score (nSPS) is 11.8. The first-order chi connectivity index (χ1) is 12.5. The Bertz CT molecular complexity index is 788. The van der Waals surface area contributed by atoms with Crippen molar-refractivity contribution in [1.29, 1.82) is 0 Å². The van der Waals surface area contributed by atoms with Gasteiger partial charge >= 0.3 is 0 Å². The molecule has 0 fully saturated rings. The lowest BCUT2D eigenvalue weighted by Gasteiger charge is -2.16. The van der Waals surface area contributed by atoms with E-state index in [-0.39, 0.29) is 6.61 Å². The fourth-order valence-electron chi connectivity index (χ4n) is 2.41. The number of methoxy groups -OCH3 is 1. The van der Waals surface area contributed by atoms with Crippen molar-refractivity contribution >= 4 is 17.9 Å². The van der Waals surface area contributed by atoms with Crippen LogP contribution in [0.1, 0.15) is 24.1 Å². The molecule has 0 spiro atoms. The van der Waals surface area contributed by atoms with E-state index < -0.39 is 17.9 Å². The Balaban J connectivity index is 2.03. The molecule has 136 valence electrons. The number of allylic oxidation sites excluding steroid dienone is 1. The van der Waals surface area contributed by atoms with Crippen molar-refractivity contribution in [3.05, 3.63) is 65.7 Å². The van der Waals surface area contributed by atoms with E-state index in [2.05, 4.69) is 5.32 Å². The lowest BCUT2D eigenvalue weighted by molar-refractivity contribution is -0.128. The number of carbonyl (C=O) groups is 2. The smallest absolute Gasteiger partial charge is 0.258 e. The van der Waals surface area contributed by atoms with Crippen molar-refractivity contribution in [1.82, 2.24) is 5.32 Å². The van der Waals surface area contributed by atoms with E-state index in [9.17, 15) is 9.59 Å². The van der Waals surface area contributed by atoms with Crippen LogP contribution < -0.4 is 20.5 Å². The van der Waals surface area contributed by atoms with E-state index in [1.54, 1.807) is 30.3 Å². The minimum atomic E-state index is -0.911. The minimum absolute atomic E-state index is 0.268. The maximum Gasteiger partial charge on any atom is 0.258 e. The molecular weight excluding hydrogens is 332 g/mol. The Morgan fingerprint density at radius 1 is 1.15 bits per heavy atom. The number of carbonyl (C=O) groups excluding carboxylic acids is 2. The van der Waals surface area contributed by atoms with Gasteiger partial charge in [0.25, 0.3) is 5.91 Å². The van der Waals surface area contributed by atoms with Crippen LogP contribution in [0.3, 0.4) is 0 Å². The molecule has 0 radical (unpaired) electrons. The molecule has 0 aliphatic heterocycles. The molecule has 6 nitrogen and oxygen atoms in total. The van der Waals surface area contributed by atoms with E-state index in [4.69, 9.17) is 15.2 Å². The van der Waals surface area contributed by atoms with Gasteiger partial charge in [-0.2, -0.15) is 0 Å². The van der Waals surface area contributed by atoms with E-state index >= 15 is 0 Å². The van der Waals surface area contributed by atoms with Crippen molar-refractivity contribution in [2.75, 3.05) is 13.7 Å². The number of nitrogens with one attached hydrogen (secondary N) is 1. The van der Waals surface area contributed by atoms with Gasteiger partial charge in [-0.3, -0.25) is 9.59 Å². The number of primary amides is 1. The predicted molar refractivity (Wildman–Crippen MR) is 99.7 cm³/mol. The van der Waals surface area contributed by atoms with Crippen molar-refractivity contribution in [3.8, 4) is 11.5 Å². The molecule has 3 N–H and O–H groups in total. The Morgan fingerprint density at radius 3 is 2.50 bits per heavy atom. The number of amides is 2. The quantitative estimate of drug-likeness (QED) is 0.762. The molecule has 0 bridgehead atoms. The summed E-state index contributed by atoms with van der Waals surface area (Å²) in [6.07, 6.45) is 3.84. The van der Waals surface area contributed by atoms with Crippen molar-refractivity contribution in [2.45, 2.75) is 13.0 Å². The molecule has 1 unspecified atom stereocenters. The van der Waals surface area contributed by atoms with Crippen LogP contribution in [0.2, 0.25) is 0 Å². The molecule has 0 heterocycles. The molecule has 2 aromatic carbocycles. The van der Waals surface area contributed by atoms with E-state index in [0.717, 1.165) is 5.56 Å². The van der Waals surface area contributed by atoms with E-state index in [1.807, 2.05) is 37.3 Å². The lowest BCUT2D eigenvalue weighted by atomic mass is 10.1. The van der Waals surface area contributed by atoms with Crippen LogP contribution in [0.4, 0.5) is 0 Å². The molecular formula is C20H22N2O4. The molecule has 0 aliphatic rings. The van der Waals surface area contributed by atoms with Gasteiger partial charge in [-0.15, -0.1) is 0 Å². The highest BCUT2D eigenvalue weighted by atomic mass is 16.5. The van der Waals surface area contributed by atoms with Crippen LogP contribution in [-0.2, 0) is 9.59 Å². The number of ether oxygens (including phenoxy) is 2. The van der Waals surface area contributed by atoms with Gasteiger partial charge in [0.05, 0.1) is 7.11 Å². The Morgan fingerprint density at radius 2 is 1.88 bits per heavy atom. The molecule has 0 saturated heterocycles. The topological polar surface area (TPSA) is 90.6 Å². The summed E-state index contributed by atoms with van der Waals surface area (Å²) in [4.78, 5) is 23.8. The molecule has 1 atom stereocenters. The molecule has 6 heteroatoms.